The first kappa shape index (κ1) is 19.2. The SMILES string of the molecule is CCN(CC)c1ccc(Nc2nccc(N3CCc4ccccc4C3)n2)c(C)c1. The fraction of sp³-hybridized carbons (Fsp3) is 0.333. The van der Waals surface area contributed by atoms with Gasteiger partial charge in [0.05, 0.1) is 0 Å². The molecule has 0 bridgehead atoms. The highest BCUT2D eigenvalue weighted by Crippen LogP contribution is 2.26. The normalized spacial score (nSPS) is 13.1. The molecule has 0 fully saturated rings. The number of aryl methyl sites for hydroxylation is 1. The van der Waals surface area contributed by atoms with E-state index in [1.54, 1.807) is 0 Å². The van der Waals surface area contributed by atoms with Crippen LogP contribution in [-0.2, 0) is 13.0 Å². The van der Waals surface area contributed by atoms with Crippen molar-refractivity contribution in [2.75, 3.05) is 34.8 Å². The molecule has 0 atom stereocenters. The van der Waals surface area contributed by atoms with Gasteiger partial charge in [-0.3, -0.25) is 0 Å². The summed E-state index contributed by atoms with van der Waals surface area (Å²) in [6.07, 6.45) is 2.89. The molecule has 150 valence electrons. The van der Waals surface area contributed by atoms with Crippen LogP contribution in [0.2, 0.25) is 0 Å². The Balaban J connectivity index is 1.51. The Labute approximate surface area is 173 Å². The van der Waals surface area contributed by atoms with E-state index in [2.05, 4.69) is 83.3 Å². The second-order valence-electron chi connectivity index (χ2n) is 7.48. The smallest absolute Gasteiger partial charge is 0.229 e. The van der Waals surface area contributed by atoms with Gasteiger partial charge in [-0.15, -0.1) is 0 Å². The lowest BCUT2D eigenvalue weighted by Crippen LogP contribution is -2.31. The number of hydrogen-bond donors (Lipinski definition) is 1. The van der Waals surface area contributed by atoms with Crippen LogP contribution >= 0.6 is 0 Å². The van der Waals surface area contributed by atoms with Crippen LogP contribution in [0.15, 0.2) is 54.7 Å². The predicted octanol–water partition coefficient (Wildman–Crippen LogP) is 4.94. The van der Waals surface area contributed by atoms with E-state index in [4.69, 9.17) is 4.98 Å². The molecule has 29 heavy (non-hydrogen) atoms. The van der Waals surface area contributed by atoms with Gasteiger partial charge in [0, 0.05) is 43.8 Å². The van der Waals surface area contributed by atoms with E-state index in [1.807, 2.05) is 12.3 Å². The summed E-state index contributed by atoms with van der Waals surface area (Å²) in [7, 11) is 0. The average molecular weight is 388 g/mol. The van der Waals surface area contributed by atoms with Crippen LogP contribution in [0.4, 0.5) is 23.1 Å². The first-order chi connectivity index (χ1) is 14.2. The minimum absolute atomic E-state index is 0.639. The summed E-state index contributed by atoms with van der Waals surface area (Å²) in [5, 5.41) is 3.41. The Morgan fingerprint density at radius 2 is 1.83 bits per heavy atom. The number of hydrogen-bond acceptors (Lipinski definition) is 5. The lowest BCUT2D eigenvalue weighted by Gasteiger charge is -2.29. The Hall–Kier alpha value is -3.08. The van der Waals surface area contributed by atoms with E-state index < -0.39 is 0 Å². The molecule has 0 amide bonds. The Bertz CT molecular complexity index is 981. The first-order valence-corrected chi connectivity index (χ1v) is 10.4. The molecule has 5 nitrogen and oxygen atoms in total. The number of benzene rings is 2. The van der Waals surface area contributed by atoms with Crippen LogP contribution in [0.25, 0.3) is 0 Å². The van der Waals surface area contributed by atoms with Crippen LogP contribution < -0.4 is 15.1 Å². The third-order valence-electron chi connectivity index (χ3n) is 5.68. The predicted molar refractivity (Wildman–Crippen MR) is 121 cm³/mol. The molecule has 1 aliphatic rings. The largest absolute Gasteiger partial charge is 0.372 e. The van der Waals surface area contributed by atoms with E-state index in [1.165, 1.54) is 22.4 Å². The summed E-state index contributed by atoms with van der Waals surface area (Å²) < 4.78 is 0. The molecule has 5 heteroatoms. The van der Waals surface area contributed by atoms with Crippen molar-refractivity contribution in [3.63, 3.8) is 0 Å². The molecule has 0 unspecified atom stereocenters. The third kappa shape index (κ3) is 4.19. The fourth-order valence-electron chi connectivity index (χ4n) is 3.97. The molecule has 2 aromatic carbocycles. The van der Waals surface area contributed by atoms with Gasteiger partial charge in [0.1, 0.15) is 5.82 Å². The Morgan fingerprint density at radius 3 is 2.59 bits per heavy atom. The molecule has 0 radical (unpaired) electrons. The molecular formula is C24H29N5. The van der Waals surface area contributed by atoms with Gasteiger partial charge in [-0.05, 0) is 68.1 Å². The molecule has 3 aromatic rings. The zero-order valence-corrected chi connectivity index (χ0v) is 17.5. The summed E-state index contributed by atoms with van der Waals surface area (Å²) in [6.45, 7) is 10.4. The van der Waals surface area contributed by atoms with Crippen molar-refractivity contribution in [2.45, 2.75) is 33.7 Å². The van der Waals surface area contributed by atoms with Gasteiger partial charge < -0.3 is 15.1 Å². The van der Waals surface area contributed by atoms with Gasteiger partial charge in [0.15, 0.2) is 0 Å². The van der Waals surface area contributed by atoms with E-state index in [0.29, 0.717) is 5.95 Å². The third-order valence-corrected chi connectivity index (χ3v) is 5.68. The highest BCUT2D eigenvalue weighted by molar-refractivity contribution is 5.64. The molecule has 0 aliphatic carbocycles. The second-order valence-corrected chi connectivity index (χ2v) is 7.48. The van der Waals surface area contributed by atoms with Crippen molar-refractivity contribution < 1.29 is 0 Å². The lowest BCUT2D eigenvalue weighted by atomic mass is 10.00. The summed E-state index contributed by atoms with van der Waals surface area (Å²) in [5.41, 5.74) is 6.31. The number of anilines is 4. The molecule has 2 heterocycles. The van der Waals surface area contributed by atoms with E-state index in [-0.39, 0.29) is 0 Å². The maximum atomic E-state index is 4.79. The van der Waals surface area contributed by atoms with Crippen LogP contribution in [0.1, 0.15) is 30.5 Å². The van der Waals surface area contributed by atoms with Gasteiger partial charge in [0.25, 0.3) is 0 Å². The molecule has 1 aliphatic heterocycles. The van der Waals surface area contributed by atoms with E-state index in [0.717, 1.165) is 44.1 Å². The van der Waals surface area contributed by atoms with Crippen LogP contribution in [0, 0.1) is 6.92 Å². The van der Waals surface area contributed by atoms with Crippen LogP contribution in [0.5, 0.6) is 0 Å². The first-order valence-electron chi connectivity index (χ1n) is 10.4. The minimum atomic E-state index is 0.639. The zero-order chi connectivity index (χ0) is 20.2. The highest BCUT2D eigenvalue weighted by Gasteiger charge is 2.17. The molecule has 0 spiro atoms. The maximum Gasteiger partial charge on any atom is 0.229 e. The fourth-order valence-corrected chi connectivity index (χ4v) is 3.97. The van der Waals surface area contributed by atoms with E-state index in [9.17, 15) is 0 Å². The lowest BCUT2D eigenvalue weighted by molar-refractivity contribution is 0.720. The van der Waals surface area contributed by atoms with Gasteiger partial charge >= 0.3 is 0 Å². The number of rotatable bonds is 6. The summed E-state index contributed by atoms with van der Waals surface area (Å²) in [4.78, 5) is 13.9. The molecule has 4 rings (SSSR count). The van der Waals surface area contributed by atoms with Crippen molar-refractivity contribution in [3.8, 4) is 0 Å². The summed E-state index contributed by atoms with van der Waals surface area (Å²) in [5.74, 6) is 1.61. The van der Waals surface area contributed by atoms with Gasteiger partial charge in [-0.25, -0.2) is 4.98 Å². The van der Waals surface area contributed by atoms with Crippen LogP contribution in [0.3, 0.4) is 0 Å². The topological polar surface area (TPSA) is 44.3 Å². The van der Waals surface area contributed by atoms with E-state index >= 15 is 0 Å². The van der Waals surface area contributed by atoms with Gasteiger partial charge in [-0.2, -0.15) is 4.98 Å². The van der Waals surface area contributed by atoms with Crippen molar-refractivity contribution in [3.05, 3.63) is 71.4 Å². The molecule has 0 saturated heterocycles. The van der Waals surface area contributed by atoms with Gasteiger partial charge in [-0.1, -0.05) is 24.3 Å². The molecular weight excluding hydrogens is 358 g/mol. The minimum Gasteiger partial charge on any atom is -0.372 e. The second kappa shape index (κ2) is 8.52. The number of nitrogens with zero attached hydrogens (tertiary/aromatic N) is 4. The van der Waals surface area contributed by atoms with Crippen LogP contribution in [-0.4, -0.2) is 29.6 Å². The van der Waals surface area contributed by atoms with Crippen molar-refractivity contribution >= 4 is 23.1 Å². The Morgan fingerprint density at radius 1 is 1.03 bits per heavy atom. The monoisotopic (exact) mass is 387 g/mol. The van der Waals surface area contributed by atoms with Crippen molar-refractivity contribution in [1.82, 2.24) is 9.97 Å². The molecule has 1 N–H and O–H groups in total. The van der Waals surface area contributed by atoms with Crippen molar-refractivity contribution in [2.24, 2.45) is 0 Å². The zero-order valence-electron chi connectivity index (χ0n) is 17.5. The molecule has 0 saturated carbocycles. The molecule has 1 aromatic heterocycles. The highest BCUT2D eigenvalue weighted by atomic mass is 15.2. The standard InChI is InChI=1S/C24H29N5/c1-4-28(5-2)21-10-11-22(18(3)16-21)26-24-25-14-12-23(27-24)29-15-13-19-8-6-7-9-20(19)17-29/h6-12,14,16H,4-5,13,15,17H2,1-3H3,(H,25,26,27). The maximum absolute atomic E-state index is 4.79. The quantitative estimate of drug-likeness (QED) is 0.649. The Kier molecular flexibility index (Phi) is 5.65. The summed E-state index contributed by atoms with van der Waals surface area (Å²) >= 11 is 0. The number of fused-ring (bicyclic) bond motifs is 1. The average Bonchev–Trinajstić information content (AvgIpc) is 2.76. The van der Waals surface area contributed by atoms with Crippen molar-refractivity contribution in [1.29, 1.82) is 0 Å². The number of aromatic nitrogens is 2. The van der Waals surface area contributed by atoms with Gasteiger partial charge in [0.2, 0.25) is 5.95 Å². The number of nitrogens with one attached hydrogen (secondary N) is 1. The summed E-state index contributed by atoms with van der Waals surface area (Å²) in [6, 6.07) is 17.2.